The zero-order valence-electron chi connectivity index (χ0n) is 11.8. The molecule has 2 saturated heterocycles. The average Bonchev–Trinajstić information content (AvgIpc) is 2.80. The molecule has 2 aliphatic heterocycles. The van der Waals surface area contributed by atoms with Gasteiger partial charge in [0.2, 0.25) is 0 Å². The van der Waals surface area contributed by atoms with E-state index in [-0.39, 0.29) is 5.82 Å². The van der Waals surface area contributed by atoms with Crippen LogP contribution in [0.4, 0.5) is 10.1 Å². The SMILES string of the molecule is CCN(c1ccc(F)cc1C#N)C1CC2CCC(C1)N2. The van der Waals surface area contributed by atoms with Crippen LogP contribution in [0.5, 0.6) is 0 Å². The molecule has 4 heteroatoms. The number of halogens is 1. The number of piperidine rings is 1. The van der Waals surface area contributed by atoms with Crippen LogP contribution in [0.3, 0.4) is 0 Å². The highest BCUT2D eigenvalue weighted by atomic mass is 19.1. The third kappa shape index (κ3) is 2.38. The molecule has 2 unspecified atom stereocenters. The first-order valence-corrected chi connectivity index (χ1v) is 7.43. The maximum Gasteiger partial charge on any atom is 0.124 e. The van der Waals surface area contributed by atoms with Crippen molar-refractivity contribution in [3.63, 3.8) is 0 Å². The summed E-state index contributed by atoms with van der Waals surface area (Å²) in [6, 6.07) is 8.35. The molecule has 0 spiro atoms. The third-order valence-electron chi connectivity index (χ3n) is 4.62. The average molecular weight is 273 g/mol. The lowest BCUT2D eigenvalue weighted by Gasteiger charge is -2.39. The van der Waals surface area contributed by atoms with E-state index in [0.717, 1.165) is 25.1 Å². The zero-order chi connectivity index (χ0) is 14.1. The van der Waals surface area contributed by atoms with E-state index in [1.807, 2.05) is 0 Å². The minimum absolute atomic E-state index is 0.341. The third-order valence-corrected chi connectivity index (χ3v) is 4.62. The van der Waals surface area contributed by atoms with Gasteiger partial charge in [-0.15, -0.1) is 0 Å². The van der Waals surface area contributed by atoms with E-state index in [2.05, 4.69) is 23.2 Å². The molecule has 0 amide bonds. The second-order valence-electron chi connectivity index (χ2n) is 5.82. The smallest absolute Gasteiger partial charge is 0.124 e. The lowest BCUT2D eigenvalue weighted by molar-refractivity contribution is 0.349. The van der Waals surface area contributed by atoms with Crippen LogP contribution < -0.4 is 10.2 Å². The van der Waals surface area contributed by atoms with E-state index in [1.165, 1.54) is 25.0 Å². The van der Waals surface area contributed by atoms with Crippen molar-refractivity contribution in [3.05, 3.63) is 29.6 Å². The fourth-order valence-corrected chi connectivity index (χ4v) is 3.76. The molecule has 1 N–H and O–H groups in total. The van der Waals surface area contributed by atoms with E-state index < -0.39 is 0 Å². The van der Waals surface area contributed by atoms with Crippen molar-refractivity contribution in [1.29, 1.82) is 5.26 Å². The number of fused-ring (bicyclic) bond motifs is 2. The van der Waals surface area contributed by atoms with Gasteiger partial charge in [0.1, 0.15) is 11.9 Å². The van der Waals surface area contributed by atoms with Crippen LogP contribution in [0.15, 0.2) is 18.2 Å². The van der Waals surface area contributed by atoms with Gasteiger partial charge in [-0.3, -0.25) is 0 Å². The Kier molecular flexibility index (Phi) is 3.62. The largest absolute Gasteiger partial charge is 0.368 e. The summed E-state index contributed by atoms with van der Waals surface area (Å²) in [5.74, 6) is -0.341. The number of hydrogen-bond donors (Lipinski definition) is 1. The summed E-state index contributed by atoms with van der Waals surface area (Å²) in [6.45, 7) is 2.96. The van der Waals surface area contributed by atoms with Gasteiger partial charge in [-0.1, -0.05) is 0 Å². The molecule has 20 heavy (non-hydrogen) atoms. The molecule has 2 bridgehead atoms. The fourth-order valence-electron chi connectivity index (χ4n) is 3.76. The maximum absolute atomic E-state index is 13.3. The molecule has 0 aromatic heterocycles. The number of nitrogens with zero attached hydrogens (tertiary/aromatic N) is 2. The Morgan fingerprint density at radius 1 is 1.35 bits per heavy atom. The van der Waals surface area contributed by atoms with Crippen LogP contribution in [-0.4, -0.2) is 24.7 Å². The fraction of sp³-hybridized carbons (Fsp3) is 0.562. The van der Waals surface area contributed by atoms with Crippen LogP contribution >= 0.6 is 0 Å². The number of rotatable bonds is 3. The summed E-state index contributed by atoms with van der Waals surface area (Å²) in [6.07, 6.45) is 4.75. The van der Waals surface area contributed by atoms with Gasteiger partial charge in [0.25, 0.3) is 0 Å². The summed E-state index contributed by atoms with van der Waals surface area (Å²) in [5, 5.41) is 12.9. The topological polar surface area (TPSA) is 39.1 Å². The van der Waals surface area contributed by atoms with E-state index in [9.17, 15) is 9.65 Å². The van der Waals surface area contributed by atoms with Gasteiger partial charge in [-0.05, 0) is 50.8 Å². The molecule has 2 aliphatic rings. The monoisotopic (exact) mass is 273 g/mol. The number of anilines is 1. The molecule has 2 atom stereocenters. The number of benzene rings is 1. The van der Waals surface area contributed by atoms with Crippen LogP contribution in [-0.2, 0) is 0 Å². The Labute approximate surface area is 119 Å². The first kappa shape index (κ1) is 13.4. The van der Waals surface area contributed by atoms with E-state index in [4.69, 9.17) is 0 Å². The van der Waals surface area contributed by atoms with Crippen molar-refractivity contribution >= 4 is 5.69 Å². The van der Waals surface area contributed by atoms with Crippen LogP contribution in [0.2, 0.25) is 0 Å². The molecule has 106 valence electrons. The molecule has 2 heterocycles. The predicted octanol–water partition coefficient (Wildman–Crippen LogP) is 2.81. The number of nitriles is 1. The summed E-state index contributed by atoms with van der Waals surface area (Å²) in [5.41, 5.74) is 1.32. The molecule has 0 radical (unpaired) electrons. The molecule has 3 rings (SSSR count). The Morgan fingerprint density at radius 2 is 2.05 bits per heavy atom. The van der Waals surface area contributed by atoms with Crippen molar-refractivity contribution in [2.75, 3.05) is 11.4 Å². The van der Waals surface area contributed by atoms with Crippen molar-refractivity contribution < 1.29 is 4.39 Å². The predicted molar refractivity (Wildman–Crippen MR) is 77.1 cm³/mol. The first-order valence-electron chi connectivity index (χ1n) is 7.43. The Morgan fingerprint density at radius 3 is 2.65 bits per heavy atom. The second-order valence-corrected chi connectivity index (χ2v) is 5.82. The standard InChI is InChI=1S/C16H20FN3/c1-2-20(15-8-13-4-5-14(9-15)19-13)16-6-3-12(17)7-11(16)10-18/h3,6-7,13-15,19H,2,4-5,8-9H2,1H3. The molecule has 0 aliphatic carbocycles. The summed E-state index contributed by atoms with van der Waals surface area (Å²) in [4.78, 5) is 2.28. The molecule has 3 nitrogen and oxygen atoms in total. The van der Waals surface area contributed by atoms with Crippen LogP contribution in [0, 0.1) is 17.1 Å². The lowest BCUT2D eigenvalue weighted by atomic mass is 9.97. The maximum atomic E-state index is 13.3. The van der Waals surface area contributed by atoms with Gasteiger partial charge in [0.05, 0.1) is 11.3 Å². The number of nitrogens with one attached hydrogen (secondary N) is 1. The Bertz CT molecular complexity index is 525. The molecule has 1 aromatic carbocycles. The zero-order valence-corrected chi connectivity index (χ0v) is 11.8. The molecule has 0 saturated carbocycles. The van der Waals surface area contributed by atoms with Gasteiger partial charge < -0.3 is 10.2 Å². The first-order chi connectivity index (χ1) is 9.71. The Hall–Kier alpha value is -1.60. The highest BCUT2D eigenvalue weighted by molar-refractivity contribution is 5.60. The van der Waals surface area contributed by atoms with Crippen molar-refractivity contribution in [2.24, 2.45) is 0 Å². The van der Waals surface area contributed by atoms with E-state index >= 15 is 0 Å². The minimum atomic E-state index is -0.341. The number of hydrogen-bond acceptors (Lipinski definition) is 3. The molecular formula is C16H20FN3. The lowest BCUT2D eigenvalue weighted by Crippen LogP contribution is -2.48. The van der Waals surface area contributed by atoms with Crippen LogP contribution in [0.1, 0.15) is 38.2 Å². The van der Waals surface area contributed by atoms with Gasteiger partial charge >= 0.3 is 0 Å². The second kappa shape index (κ2) is 5.41. The van der Waals surface area contributed by atoms with Crippen molar-refractivity contribution in [2.45, 2.75) is 50.7 Å². The van der Waals surface area contributed by atoms with Crippen molar-refractivity contribution in [1.82, 2.24) is 5.32 Å². The van der Waals surface area contributed by atoms with E-state index in [1.54, 1.807) is 6.07 Å². The summed E-state index contributed by atoms with van der Waals surface area (Å²) < 4.78 is 13.3. The molecule has 1 aromatic rings. The Balaban J connectivity index is 1.88. The van der Waals surface area contributed by atoms with Crippen LogP contribution in [0.25, 0.3) is 0 Å². The van der Waals surface area contributed by atoms with Gasteiger partial charge in [-0.25, -0.2) is 4.39 Å². The normalized spacial score (nSPS) is 28.1. The minimum Gasteiger partial charge on any atom is -0.368 e. The highest BCUT2D eigenvalue weighted by Gasteiger charge is 2.36. The van der Waals surface area contributed by atoms with Crippen molar-refractivity contribution in [3.8, 4) is 6.07 Å². The van der Waals surface area contributed by atoms with Gasteiger partial charge in [0.15, 0.2) is 0 Å². The summed E-state index contributed by atoms with van der Waals surface area (Å²) in [7, 11) is 0. The van der Waals surface area contributed by atoms with Gasteiger partial charge in [0, 0.05) is 24.7 Å². The summed E-state index contributed by atoms with van der Waals surface area (Å²) >= 11 is 0. The van der Waals surface area contributed by atoms with E-state index in [0.29, 0.717) is 23.7 Å². The quantitative estimate of drug-likeness (QED) is 0.920. The molecular weight excluding hydrogens is 253 g/mol. The molecule has 2 fully saturated rings. The highest BCUT2D eigenvalue weighted by Crippen LogP contribution is 2.33. The van der Waals surface area contributed by atoms with Gasteiger partial charge in [-0.2, -0.15) is 5.26 Å².